The first-order valence-corrected chi connectivity index (χ1v) is 8.19. The van der Waals surface area contributed by atoms with Crippen LogP contribution in [0.1, 0.15) is 29.5 Å². The number of fused-ring (bicyclic) bond motifs is 2. The molecule has 1 unspecified atom stereocenters. The van der Waals surface area contributed by atoms with Crippen molar-refractivity contribution in [3.05, 3.63) is 47.1 Å². The number of hydrogen-bond donors (Lipinski definition) is 1. The fourth-order valence-electron chi connectivity index (χ4n) is 3.09. The van der Waals surface area contributed by atoms with Gasteiger partial charge in [0.15, 0.2) is 0 Å². The van der Waals surface area contributed by atoms with Crippen molar-refractivity contribution in [2.45, 2.75) is 25.3 Å². The summed E-state index contributed by atoms with van der Waals surface area (Å²) in [4.78, 5) is 10.8. The molecule has 0 amide bonds. The molecule has 3 nitrogen and oxygen atoms in total. The lowest BCUT2D eigenvalue weighted by atomic mass is 9.98. The van der Waals surface area contributed by atoms with Gasteiger partial charge in [-0.3, -0.25) is 4.98 Å². The molecule has 106 valence electrons. The predicted octanol–water partition coefficient (Wildman–Crippen LogP) is 3.96. The van der Waals surface area contributed by atoms with Gasteiger partial charge in [0.25, 0.3) is 0 Å². The van der Waals surface area contributed by atoms with E-state index in [0.717, 1.165) is 16.9 Å². The van der Waals surface area contributed by atoms with Crippen LogP contribution < -0.4 is 5.32 Å². The Labute approximate surface area is 128 Å². The molecule has 0 bridgehead atoms. The third kappa shape index (κ3) is 2.15. The van der Waals surface area contributed by atoms with Crippen molar-refractivity contribution in [1.29, 1.82) is 0 Å². The summed E-state index contributed by atoms with van der Waals surface area (Å²) < 4.78 is 0. The van der Waals surface area contributed by atoms with Crippen LogP contribution in [0.5, 0.6) is 0 Å². The van der Waals surface area contributed by atoms with Gasteiger partial charge < -0.3 is 5.32 Å². The summed E-state index contributed by atoms with van der Waals surface area (Å²) in [6.45, 7) is 0. The number of para-hydroxylation sites is 1. The average molecular weight is 295 g/mol. The van der Waals surface area contributed by atoms with Crippen LogP contribution in [0, 0.1) is 0 Å². The average Bonchev–Trinajstić information content (AvgIpc) is 2.98. The zero-order chi connectivity index (χ0) is 14.2. The van der Waals surface area contributed by atoms with E-state index in [2.05, 4.69) is 34.6 Å². The second-order valence-corrected chi connectivity index (χ2v) is 6.47. The Hall–Kier alpha value is -1.78. The highest BCUT2D eigenvalue weighted by Crippen LogP contribution is 2.39. The number of aromatic nitrogens is 2. The number of nitrogens with one attached hydrogen (secondary N) is 1. The normalized spacial score (nSPS) is 17.9. The zero-order valence-electron chi connectivity index (χ0n) is 12.0. The maximum atomic E-state index is 4.92. The minimum Gasteiger partial charge on any atom is -0.312 e. The van der Waals surface area contributed by atoms with Gasteiger partial charge in [0.2, 0.25) is 0 Å². The zero-order valence-corrected chi connectivity index (χ0v) is 12.8. The Morgan fingerprint density at radius 3 is 3.05 bits per heavy atom. The maximum Gasteiger partial charge on any atom is 0.124 e. The Bertz CT molecular complexity index is 788. The number of pyridine rings is 1. The van der Waals surface area contributed by atoms with Gasteiger partial charge in [0, 0.05) is 28.1 Å². The topological polar surface area (TPSA) is 37.8 Å². The van der Waals surface area contributed by atoms with Crippen LogP contribution in [0.2, 0.25) is 0 Å². The summed E-state index contributed by atoms with van der Waals surface area (Å²) in [5, 5.41) is 5.73. The molecule has 1 N–H and O–H groups in total. The summed E-state index contributed by atoms with van der Waals surface area (Å²) in [5.41, 5.74) is 3.52. The van der Waals surface area contributed by atoms with E-state index < -0.39 is 0 Å². The Balaban J connectivity index is 1.88. The molecule has 2 aromatic heterocycles. The van der Waals surface area contributed by atoms with Gasteiger partial charge in [-0.15, -0.1) is 11.3 Å². The molecule has 1 atom stereocenters. The molecule has 1 aliphatic carbocycles. The second kappa shape index (κ2) is 5.20. The highest BCUT2D eigenvalue weighted by molar-refractivity contribution is 7.15. The van der Waals surface area contributed by atoms with Gasteiger partial charge in [0.05, 0.1) is 11.2 Å². The van der Waals surface area contributed by atoms with Crippen molar-refractivity contribution in [3.63, 3.8) is 0 Å². The first kappa shape index (κ1) is 12.9. The number of benzene rings is 1. The minimum atomic E-state index is 0.466. The van der Waals surface area contributed by atoms with Crippen molar-refractivity contribution < 1.29 is 0 Å². The smallest absolute Gasteiger partial charge is 0.124 e. The van der Waals surface area contributed by atoms with Gasteiger partial charge in [-0.2, -0.15) is 0 Å². The van der Waals surface area contributed by atoms with E-state index in [1.54, 1.807) is 0 Å². The van der Waals surface area contributed by atoms with Crippen LogP contribution in [-0.2, 0) is 6.42 Å². The van der Waals surface area contributed by atoms with E-state index in [1.165, 1.54) is 34.4 Å². The van der Waals surface area contributed by atoms with Gasteiger partial charge in [-0.05, 0) is 38.4 Å². The lowest BCUT2D eigenvalue weighted by molar-refractivity contribution is 0.501. The van der Waals surface area contributed by atoms with Gasteiger partial charge in [-0.25, -0.2) is 4.98 Å². The van der Waals surface area contributed by atoms with E-state index in [9.17, 15) is 0 Å². The molecule has 0 spiro atoms. The fourth-order valence-corrected chi connectivity index (χ4v) is 4.39. The van der Waals surface area contributed by atoms with E-state index in [1.807, 2.05) is 30.6 Å². The molecule has 1 aromatic carbocycles. The molecule has 0 saturated carbocycles. The largest absolute Gasteiger partial charge is 0.312 e. The summed E-state index contributed by atoms with van der Waals surface area (Å²) in [5.74, 6) is 0. The second-order valence-electron chi connectivity index (χ2n) is 5.44. The summed E-state index contributed by atoms with van der Waals surface area (Å²) in [7, 11) is 2.04. The van der Waals surface area contributed by atoms with Crippen molar-refractivity contribution in [2.75, 3.05) is 7.05 Å². The first-order chi connectivity index (χ1) is 10.4. The minimum absolute atomic E-state index is 0.466. The number of aryl methyl sites for hydroxylation is 1. The number of nitrogens with zero attached hydrogens (tertiary/aromatic N) is 2. The molecule has 0 fully saturated rings. The maximum absolute atomic E-state index is 4.92. The summed E-state index contributed by atoms with van der Waals surface area (Å²) in [6, 6.07) is 10.8. The standard InChI is InChI=1S/C17H17N3S/c1-18-14-7-4-8-15-16(14)21-17(20-15)12-9-10-19-13-6-3-2-5-11(12)13/h2-3,5-6,9-10,14,18H,4,7-8H2,1H3. The summed E-state index contributed by atoms with van der Waals surface area (Å²) >= 11 is 1.83. The van der Waals surface area contributed by atoms with Crippen molar-refractivity contribution in [2.24, 2.45) is 0 Å². The summed E-state index contributed by atoms with van der Waals surface area (Å²) in [6.07, 6.45) is 5.42. The first-order valence-electron chi connectivity index (χ1n) is 7.38. The van der Waals surface area contributed by atoms with Gasteiger partial charge in [0.1, 0.15) is 5.01 Å². The fraction of sp³-hybridized carbons (Fsp3) is 0.294. The molecular weight excluding hydrogens is 278 g/mol. The Kier molecular flexibility index (Phi) is 3.20. The molecule has 4 heteroatoms. The molecule has 0 radical (unpaired) electrons. The van der Waals surface area contributed by atoms with Crippen LogP contribution in [-0.4, -0.2) is 17.0 Å². The molecule has 3 aromatic rings. The SMILES string of the molecule is CNC1CCCc2nc(-c3ccnc4ccccc34)sc21. The predicted molar refractivity (Wildman–Crippen MR) is 87.6 cm³/mol. The van der Waals surface area contributed by atoms with E-state index >= 15 is 0 Å². The van der Waals surface area contributed by atoms with Crippen molar-refractivity contribution in [3.8, 4) is 10.6 Å². The molecule has 2 heterocycles. The number of thiazole rings is 1. The van der Waals surface area contributed by atoms with Crippen LogP contribution in [0.3, 0.4) is 0 Å². The van der Waals surface area contributed by atoms with E-state index in [4.69, 9.17) is 4.98 Å². The van der Waals surface area contributed by atoms with Gasteiger partial charge >= 0.3 is 0 Å². The lowest BCUT2D eigenvalue weighted by Crippen LogP contribution is -2.19. The van der Waals surface area contributed by atoms with Gasteiger partial charge in [-0.1, -0.05) is 18.2 Å². The molecule has 21 heavy (non-hydrogen) atoms. The van der Waals surface area contributed by atoms with Crippen LogP contribution >= 0.6 is 11.3 Å². The molecular formula is C17H17N3S. The molecule has 1 aliphatic rings. The lowest BCUT2D eigenvalue weighted by Gasteiger charge is -2.19. The molecule has 4 rings (SSSR count). The molecule has 0 saturated heterocycles. The van der Waals surface area contributed by atoms with Crippen molar-refractivity contribution in [1.82, 2.24) is 15.3 Å². The Morgan fingerprint density at radius 1 is 1.24 bits per heavy atom. The highest BCUT2D eigenvalue weighted by Gasteiger charge is 2.24. The van der Waals surface area contributed by atoms with Crippen LogP contribution in [0.4, 0.5) is 0 Å². The quantitative estimate of drug-likeness (QED) is 0.777. The number of rotatable bonds is 2. The van der Waals surface area contributed by atoms with Crippen molar-refractivity contribution >= 4 is 22.2 Å². The Morgan fingerprint density at radius 2 is 2.14 bits per heavy atom. The van der Waals surface area contributed by atoms with E-state index in [0.29, 0.717) is 6.04 Å². The highest BCUT2D eigenvalue weighted by atomic mass is 32.1. The third-order valence-corrected chi connectivity index (χ3v) is 5.42. The monoisotopic (exact) mass is 295 g/mol. The van der Waals surface area contributed by atoms with E-state index in [-0.39, 0.29) is 0 Å². The van der Waals surface area contributed by atoms with Crippen LogP contribution in [0.25, 0.3) is 21.5 Å². The third-order valence-electron chi connectivity index (χ3n) is 4.18. The molecule has 0 aliphatic heterocycles. The van der Waals surface area contributed by atoms with Crippen LogP contribution in [0.15, 0.2) is 36.5 Å². The number of hydrogen-bond acceptors (Lipinski definition) is 4.